The summed E-state index contributed by atoms with van der Waals surface area (Å²) in [6.07, 6.45) is 12.3. The van der Waals surface area contributed by atoms with Gasteiger partial charge in [-0.25, -0.2) is 0 Å². The molecule has 6 saturated carbocycles. The van der Waals surface area contributed by atoms with Crippen LogP contribution in [0.1, 0.15) is 77.6 Å². The summed E-state index contributed by atoms with van der Waals surface area (Å²) in [4.78, 5) is 0. The largest absolute Gasteiger partial charge is 0.393 e. The molecule has 8 atom stereocenters. The Kier molecular flexibility index (Phi) is 4.30. The Balaban J connectivity index is 1.52. The van der Waals surface area contributed by atoms with Gasteiger partial charge in [0.1, 0.15) is 0 Å². The molecule has 0 unspecified atom stereocenters. The van der Waals surface area contributed by atoms with Gasteiger partial charge in [0, 0.05) is 24.5 Å². The zero-order valence-electron chi connectivity index (χ0n) is 17.4. The standard InChI is InChI=1S/C23H40N2O2/c1-20-7-4-9-23(27,14-20)22-10-6-17(25-12-11-24-2)16-5-3-8-21(16,15-22)19(22)18(26)13-20/h16-19,24-27H,3-15H2,1-2H3/t16-,17+,18-,19-,20-,21-,22+,23+/m0/s1. The molecule has 0 aromatic carbocycles. The minimum Gasteiger partial charge on any atom is -0.393 e. The topological polar surface area (TPSA) is 64.5 Å². The molecule has 4 N–H and O–H groups in total. The van der Waals surface area contributed by atoms with Gasteiger partial charge in [0.2, 0.25) is 0 Å². The van der Waals surface area contributed by atoms with Gasteiger partial charge >= 0.3 is 0 Å². The third-order valence-corrected chi connectivity index (χ3v) is 10.0. The summed E-state index contributed by atoms with van der Waals surface area (Å²) in [5, 5.41) is 30.7. The van der Waals surface area contributed by atoms with Crippen molar-refractivity contribution >= 4 is 0 Å². The molecule has 27 heavy (non-hydrogen) atoms. The predicted molar refractivity (Wildman–Crippen MR) is 107 cm³/mol. The van der Waals surface area contributed by atoms with Gasteiger partial charge < -0.3 is 20.8 Å². The molecule has 6 fully saturated rings. The fourth-order valence-electron chi connectivity index (χ4n) is 9.39. The molecular formula is C23H40N2O2. The SMILES string of the molecule is CNCCN[C@@H]1CC[C@@]23C[C@]4(CCC[C@@H]14)[C@@H]2[C@@H](O)C[C@]1(C)CCC[C@@]3(O)C1. The molecule has 2 spiro atoms. The maximum atomic E-state index is 12.1. The van der Waals surface area contributed by atoms with Crippen LogP contribution < -0.4 is 10.6 Å². The fraction of sp³-hybridized carbons (Fsp3) is 1.00. The van der Waals surface area contributed by atoms with E-state index >= 15 is 0 Å². The van der Waals surface area contributed by atoms with Crippen LogP contribution in [0.4, 0.5) is 0 Å². The number of fused-ring (bicyclic) bond motifs is 4. The van der Waals surface area contributed by atoms with Gasteiger partial charge in [-0.15, -0.1) is 0 Å². The van der Waals surface area contributed by atoms with Crippen molar-refractivity contribution < 1.29 is 10.2 Å². The Hall–Kier alpha value is -0.160. The van der Waals surface area contributed by atoms with Crippen LogP contribution >= 0.6 is 0 Å². The second-order valence-corrected chi connectivity index (χ2v) is 11.4. The molecule has 6 rings (SSSR count). The van der Waals surface area contributed by atoms with E-state index < -0.39 is 5.60 Å². The van der Waals surface area contributed by atoms with Crippen LogP contribution in [-0.4, -0.2) is 48.1 Å². The van der Waals surface area contributed by atoms with Gasteiger partial charge in [-0.3, -0.25) is 0 Å². The average Bonchev–Trinajstić information content (AvgIpc) is 2.89. The van der Waals surface area contributed by atoms with E-state index in [0.717, 1.165) is 45.2 Å². The molecule has 0 heterocycles. The van der Waals surface area contributed by atoms with Gasteiger partial charge in [0.25, 0.3) is 0 Å². The highest BCUT2D eigenvalue weighted by atomic mass is 16.3. The summed E-state index contributed by atoms with van der Waals surface area (Å²) >= 11 is 0. The van der Waals surface area contributed by atoms with E-state index in [-0.39, 0.29) is 22.3 Å². The van der Waals surface area contributed by atoms with Gasteiger partial charge in [-0.2, -0.15) is 0 Å². The number of hydrogen-bond acceptors (Lipinski definition) is 4. The first kappa shape index (κ1) is 18.8. The second-order valence-electron chi connectivity index (χ2n) is 11.4. The molecule has 0 aromatic rings. The molecule has 6 aliphatic rings. The summed E-state index contributed by atoms with van der Waals surface area (Å²) in [6.45, 7) is 4.37. The van der Waals surface area contributed by atoms with Crippen LogP contribution in [0.15, 0.2) is 0 Å². The maximum absolute atomic E-state index is 12.1. The van der Waals surface area contributed by atoms with Crippen molar-refractivity contribution in [3.8, 4) is 0 Å². The molecule has 4 nitrogen and oxygen atoms in total. The molecule has 4 heteroatoms. The van der Waals surface area contributed by atoms with E-state index in [1.54, 1.807) is 0 Å². The van der Waals surface area contributed by atoms with E-state index in [9.17, 15) is 10.2 Å². The molecular weight excluding hydrogens is 336 g/mol. The molecule has 6 aliphatic carbocycles. The Labute approximate surface area is 164 Å². The summed E-state index contributed by atoms with van der Waals surface area (Å²) in [5.41, 5.74) is -0.139. The van der Waals surface area contributed by atoms with E-state index in [1.807, 2.05) is 7.05 Å². The zero-order valence-corrected chi connectivity index (χ0v) is 17.4. The van der Waals surface area contributed by atoms with E-state index in [4.69, 9.17) is 0 Å². The van der Waals surface area contributed by atoms with Gasteiger partial charge in [-0.05, 0) is 87.5 Å². The third-order valence-electron chi connectivity index (χ3n) is 10.0. The van der Waals surface area contributed by atoms with Crippen LogP contribution in [0.5, 0.6) is 0 Å². The van der Waals surface area contributed by atoms with E-state index in [1.165, 1.54) is 38.5 Å². The fourth-order valence-corrected chi connectivity index (χ4v) is 9.39. The summed E-state index contributed by atoms with van der Waals surface area (Å²) in [6, 6.07) is 0.568. The lowest BCUT2D eigenvalue weighted by molar-refractivity contribution is -0.269. The van der Waals surface area contributed by atoms with Crippen molar-refractivity contribution in [2.45, 2.75) is 95.3 Å². The number of aliphatic hydroxyl groups is 2. The van der Waals surface area contributed by atoms with Crippen molar-refractivity contribution in [3.63, 3.8) is 0 Å². The molecule has 0 aliphatic heterocycles. The van der Waals surface area contributed by atoms with Crippen molar-refractivity contribution in [3.05, 3.63) is 0 Å². The Morgan fingerprint density at radius 3 is 2.67 bits per heavy atom. The lowest BCUT2D eigenvalue weighted by Crippen LogP contribution is -2.69. The predicted octanol–water partition coefficient (Wildman–Crippen LogP) is 2.83. The first-order valence-corrected chi connectivity index (χ1v) is 11.7. The second kappa shape index (κ2) is 6.17. The monoisotopic (exact) mass is 376 g/mol. The van der Waals surface area contributed by atoms with Gasteiger partial charge in [0.05, 0.1) is 11.7 Å². The highest BCUT2D eigenvalue weighted by Gasteiger charge is 2.77. The summed E-state index contributed by atoms with van der Waals surface area (Å²) in [5.74, 6) is 1.03. The van der Waals surface area contributed by atoms with Crippen LogP contribution in [0, 0.1) is 28.1 Å². The number of likely N-dealkylation sites (N-methyl/N-ethyl adjacent to an activating group) is 1. The van der Waals surface area contributed by atoms with Gasteiger partial charge in [-0.1, -0.05) is 19.8 Å². The lowest BCUT2D eigenvalue weighted by atomic mass is 9.37. The van der Waals surface area contributed by atoms with Crippen LogP contribution in [-0.2, 0) is 0 Å². The molecule has 0 saturated heterocycles. The van der Waals surface area contributed by atoms with Crippen molar-refractivity contribution in [2.24, 2.45) is 28.1 Å². The normalized spacial score (nSPS) is 56.4. The molecule has 4 bridgehead atoms. The molecule has 0 amide bonds. The summed E-state index contributed by atoms with van der Waals surface area (Å²) < 4.78 is 0. The van der Waals surface area contributed by atoms with Crippen molar-refractivity contribution in [1.82, 2.24) is 10.6 Å². The average molecular weight is 377 g/mol. The van der Waals surface area contributed by atoms with Crippen LogP contribution in [0.3, 0.4) is 0 Å². The Morgan fingerprint density at radius 1 is 1.00 bits per heavy atom. The minimum atomic E-state index is -0.541. The highest BCUT2D eigenvalue weighted by molar-refractivity contribution is 5.27. The van der Waals surface area contributed by atoms with E-state index in [0.29, 0.717) is 17.9 Å². The molecule has 154 valence electrons. The quantitative estimate of drug-likeness (QED) is 0.570. The number of aliphatic hydroxyl groups excluding tert-OH is 1. The third kappa shape index (κ3) is 2.42. The van der Waals surface area contributed by atoms with Gasteiger partial charge in [0.15, 0.2) is 0 Å². The number of nitrogens with one attached hydrogen (secondary N) is 2. The lowest BCUT2D eigenvalue weighted by Gasteiger charge is -2.69. The van der Waals surface area contributed by atoms with Crippen molar-refractivity contribution in [1.29, 1.82) is 0 Å². The minimum absolute atomic E-state index is 0.0212. The maximum Gasteiger partial charge on any atom is 0.0713 e. The zero-order chi connectivity index (χ0) is 18.9. The molecule has 0 aromatic heterocycles. The van der Waals surface area contributed by atoms with Crippen molar-refractivity contribution in [2.75, 3.05) is 20.1 Å². The first-order chi connectivity index (χ1) is 12.9. The number of rotatable bonds is 4. The first-order valence-electron chi connectivity index (χ1n) is 11.7. The van der Waals surface area contributed by atoms with Crippen LogP contribution in [0.25, 0.3) is 0 Å². The van der Waals surface area contributed by atoms with Crippen LogP contribution in [0.2, 0.25) is 0 Å². The molecule has 0 radical (unpaired) electrons. The Bertz CT molecular complexity index is 599. The Morgan fingerprint density at radius 2 is 1.85 bits per heavy atom. The van der Waals surface area contributed by atoms with E-state index in [2.05, 4.69) is 17.6 Å². The number of hydrogen-bond donors (Lipinski definition) is 4. The highest BCUT2D eigenvalue weighted by Crippen LogP contribution is 2.79. The summed E-state index contributed by atoms with van der Waals surface area (Å²) in [7, 11) is 2.02. The smallest absolute Gasteiger partial charge is 0.0713 e.